The summed E-state index contributed by atoms with van der Waals surface area (Å²) in [5.41, 5.74) is 0.678. The normalized spacial score (nSPS) is 18.1. The van der Waals surface area contributed by atoms with Gasteiger partial charge in [0.2, 0.25) is 15.9 Å². The average molecular weight is 431 g/mol. The van der Waals surface area contributed by atoms with E-state index in [1.165, 1.54) is 39.5 Å². The van der Waals surface area contributed by atoms with Crippen LogP contribution in [0, 0.1) is 5.82 Å². The number of sulfonamides is 1. The van der Waals surface area contributed by atoms with Gasteiger partial charge in [-0.1, -0.05) is 12.1 Å². The van der Waals surface area contributed by atoms with Crippen molar-refractivity contribution in [1.29, 1.82) is 0 Å². The molecular formula is C21H22FN3O4S. The van der Waals surface area contributed by atoms with Crippen molar-refractivity contribution < 1.29 is 22.4 Å². The topological polar surface area (TPSA) is 78.0 Å². The summed E-state index contributed by atoms with van der Waals surface area (Å²) in [6.45, 7) is 1.28. The molecule has 2 aromatic rings. The van der Waals surface area contributed by atoms with Gasteiger partial charge in [-0.05, 0) is 42.8 Å². The van der Waals surface area contributed by atoms with Gasteiger partial charge in [-0.2, -0.15) is 4.31 Å². The van der Waals surface area contributed by atoms with Crippen molar-refractivity contribution in [3.8, 4) is 0 Å². The zero-order valence-corrected chi connectivity index (χ0v) is 17.1. The fourth-order valence-electron chi connectivity index (χ4n) is 3.80. The number of rotatable bonds is 4. The van der Waals surface area contributed by atoms with E-state index < -0.39 is 21.7 Å². The fourth-order valence-corrected chi connectivity index (χ4v) is 5.23. The number of anilines is 1. The molecule has 7 nitrogen and oxygen atoms in total. The highest BCUT2D eigenvalue weighted by Gasteiger charge is 2.31. The van der Waals surface area contributed by atoms with Crippen LogP contribution in [0.3, 0.4) is 0 Å². The highest BCUT2D eigenvalue weighted by molar-refractivity contribution is 7.89. The lowest BCUT2D eigenvalue weighted by Crippen LogP contribution is -2.50. The summed E-state index contributed by atoms with van der Waals surface area (Å²) in [5.74, 6) is -0.986. The molecule has 0 N–H and O–H groups in total. The van der Waals surface area contributed by atoms with Gasteiger partial charge in [-0.15, -0.1) is 0 Å². The minimum absolute atomic E-state index is 0.0131. The van der Waals surface area contributed by atoms with Crippen LogP contribution in [0.4, 0.5) is 10.1 Å². The number of carbonyl (C=O) groups excluding carboxylic acids is 2. The van der Waals surface area contributed by atoms with Crippen LogP contribution in [-0.2, 0) is 14.8 Å². The quantitative estimate of drug-likeness (QED) is 0.743. The molecule has 0 spiro atoms. The third kappa shape index (κ3) is 3.82. The summed E-state index contributed by atoms with van der Waals surface area (Å²) < 4.78 is 41.1. The van der Waals surface area contributed by atoms with E-state index in [4.69, 9.17) is 0 Å². The van der Waals surface area contributed by atoms with E-state index in [1.54, 1.807) is 23.1 Å². The van der Waals surface area contributed by atoms with Crippen LogP contribution in [0.2, 0.25) is 0 Å². The number of benzene rings is 2. The summed E-state index contributed by atoms with van der Waals surface area (Å²) in [4.78, 5) is 27.6. The number of piperazine rings is 1. The van der Waals surface area contributed by atoms with Crippen molar-refractivity contribution in [2.75, 3.05) is 37.6 Å². The SMILES string of the molecule is O=C(c1ccccc1F)N1CCN(S(=O)(=O)c2ccc(N3CCCC3=O)cc2)CC1. The highest BCUT2D eigenvalue weighted by atomic mass is 32.2. The summed E-state index contributed by atoms with van der Waals surface area (Å²) >= 11 is 0. The van der Waals surface area contributed by atoms with Crippen molar-refractivity contribution in [1.82, 2.24) is 9.21 Å². The average Bonchev–Trinajstić information content (AvgIpc) is 3.19. The minimum atomic E-state index is -3.72. The van der Waals surface area contributed by atoms with Crippen LogP contribution in [0.15, 0.2) is 53.4 Å². The molecule has 4 rings (SSSR count). The van der Waals surface area contributed by atoms with E-state index in [9.17, 15) is 22.4 Å². The molecule has 2 amide bonds. The standard InChI is InChI=1S/C21H22FN3O4S/c22-19-5-2-1-4-18(19)21(27)23-12-14-24(15-13-23)30(28,29)17-9-7-16(8-10-17)25-11-3-6-20(25)26/h1-2,4-5,7-10H,3,6,11-15H2. The molecule has 0 unspecified atom stereocenters. The van der Waals surface area contributed by atoms with E-state index in [1.807, 2.05) is 0 Å². The first-order valence-electron chi connectivity index (χ1n) is 9.82. The third-order valence-electron chi connectivity index (χ3n) is 5.49. The van der Waals surface area contributed by atoms with Gasteiger partial charge in [0.1, 0.15) is 5.82 Å². The second-order valence-electron chi connectivity index (χ2n) is 7.32. The fraction of sp³-hybridized carbons (Fsp3) is 0.333. The lowest BCUT2D eigenvalue weighted by atomic mass is 10.1. The molecular weight excluding hydrogens is 409 g/mol. The van der Waals surface area contributed by atoms with Gasteiger partial charge in [0.05, 0.1) is 10.5 Å². The molecule has 2 saturated heterocycles. The number of hydrogen-bond donors (Lipinski definition) is 0. The highest BCUT2D eigenvalue weighted by Crippen LogP contribution is 2.25. The van der Waals surface area contributed by atoms with Crippen LogP contribution in [0.1, 0.15) is 23.2 Å². The predicted octanol–water partition coefficient (Wildman–Crippen LogP) is 2.10. The molecule has 9 heteroatoms. The van der Waals surface area contributed by atoms with Crippen LogP contribution in [0.5, 0.6) is 0 Å². The number of hydrogen-bond acceptors (Lipinski definition) is 4. The first-order chi connectivity index (χ1) is 14.4. The Labute approximate surface area is 174 Å². The number of carbonyl (C=O) groups is 2. The van der Waals surface area contributed by atoms with Crippen molar-refractivity contribution in [2.24, 2.45) is 0 Å². The Kier molecular flexibility index (Phi) is 5.57. The van der Waals surface area contributed by atoms with E-state index in [-0.39, 0.29) is 42.5 Å². The zero-order valence-electron chi connectivity index (χ0n) is 16.3. The van der Waals surface area contributed by atoms with Crippen LogP contribution < -0.4 is 4.90 Å². The van der Waals surface area contributed by atoms with E-state index in [0.717, 1.165) is 6.42 Å². The summed E-state index contributed by atoms with van der Waals surface area (Å²) in [6, 6.07) is 12.1. The largest absolute Gasteiger partial charge is 0.336 e. The van der Waals surface area contributed by atoms with Crippen LogP contribution in [-0.4, -0.2) is 62.2 Å². The number of amides is 2. The summed E-state index contributed by atoms with van der Waals surface area (Å²) in [6.07, 6.45) is 1.31. The smallest absolute Gasteiger partial charge is 0.256 e. The van der Waals surface area contributed by atoms with E-state index in [2.05, 4.69) is 0 Å². The van der Waals surface area contributed by atoms with Gasteiger partial charge in [0, 0.05) is 44.8 Å². The van der Waals surface area contributed by atoms with Gasteiger partial charge in [0.15, 0.2) is 0 Å². The maximum absolute atomic E-state index is 13.9. The molecule has 0 radical (unpaired) electrons. The van der Waals surface area contributed by atoms with Gasteiger partial charge in [0.25, 0.3) is 5.91 Å². The van der Waals surface area contributed by atoms with Crippen molar-refractivity contribution >= 4 is 27.5 Å². The first-order valence-corrected chi connectivity index (χ1v) is 11.3. The van der Waals surface area contributed by atoms with Gasteiger partial charge in [-0.3, -0.25) is 9.59 Å². The van der Waals surface area contributed by atoms with Gasteiger partial charge >= 0.3 is 0 Å². The van der Waals surface area contributed by atoms with Crippen molar-refractivity contribution in [3.05, 3.63) is 59.9 Å². The molecule has 0 saturated carbocycles. The lowest BCUT2D eigenvalue weighted by molar-refractivity contribution is -0.117. The van der Waals surface area contributed by atoms with Crippen LogP contribution >= 0.6 is 0 Å². The van der Waals surface area contributed by atoms with Gasteiger partial charge < -0.3 is 9.80 Å². The minimum Gasteiger partial charge on any atom is -0.336 e. The number of halogens is 1. The molecule has 0 aromatic heterocycles. The third-order valence-corrected chi connectivity index (χ3v) is 7.40. The molecule has 2 aliphatic rings. The Morgan fingerprint density at radius 3 is 2.17 bits per heavy atom. The Morgan fingerprint density at radius 2 is 1.57 bits per heavy atom. The Bertz CT molecular complexity index is 1060. The predicted molar refractivity (Wildman–Crippen MR) is 109 cm³/mol. The maximum atomic E-state index is 13.9. The lowest BCUT2D eigenvalue weighted by Gasteiger charge is -2.34. The second kappa shape index (κ2) is 8.16. The van der Waals surface area contributed by atoms with Crippen LogP contribution in [0.25, 0.3) is 0 Å². The molecule has 158 valence electrons. The second-order valence-corrected chi connectivity index (χ2v) is 9.26. The molecule has 0 aliphatic carbocycles. The molecule has 2 aliphatic heterocycles. The molecule has 2 aromatic carbocycles. The monoisotopic (exact) mass is 431 g/mol. The molecule has 30 heavy (non-hydrogen) atoms. The first kappa shape index (κ1) is 20.5. The van der Waals surface area contributed by atoms with Crippen molar-refractivity contribution in [2.45, 2.75) is 17.7 Å². The Balaban J connectivity index is 1.43. The van der Waals surface area contributed by atoms with Gasteiger partial charge in [-0.25, -0.2) is 12.8 Å². The van der Waals surface area contributed by atoms with E-state index in [0.29, 0.717) is 18.7 Å². The maximum Gasteiger partial charge on any atom is 0.256 e. The Hall–Kier alpha value is -2.78. The number of nitrogens with zero attached hydrogens (tertiary/aromatic N) is 3. The zero-order chi connectivity index (χ0) is 21.3. The summed E-state index contributed by atoms with van der Waals surface area (Å²) in [7, 11) is -3.72. The molecule has 2 heterocycles. The molecule has 0 atom stereocenters. The van der Waals surface area contributed by atoms with Crippen molar-refractivity contribution in [3.63, 3.8) is 0 Å². The summed E-state index contributed by atoms with van der Waals surface area (Å²) in [5, 5.41) is 0. The Morgan fingerprint density at radius 1 is 0.900 bits per heavy atom. The van der Waals surface area contributed by atoms with E-state index >= 15 is 0 Å². The molecule has 0 bridgehead atoms. The molecule has 2 fully saturated rings.